The SMILES string of the molecule is CC(N)C(C)(C)NC(=O)c1c(O)cccc1F. The summed E-state index contributed by atoms with van der Waals surface area (Å²) in [4.78, 5) is 11.8. The maximum atomic E-state index is 13.4. The average molecular weight is 240 g/mol. The Hall–Kier alpha value is -1.62. The zero-order valence-corrected chi connectivity index (χ0v) is 10.1. The van der Waals surface area contributed by atoms with Gasteiger partial charge in [0.25, 0.3) is 5.91 Å². The van der Waals surface area contributed by atoms with Crippen LogP contribution < -0.4 is 11.1 Å². The topological polar surface area (TPSA) is 75.3 Å². The number of aromatic hydroxyl groups is 1. The molecule has 4 N–H and O–H groups in total. The van der Waals surface area contributed by atoms with Gasteiger partial charge in [-0.3, -0.25) is 4.79 Å². The molecule has 0 aromatic heterocycles. The Balaban J connectivity index is 2.99. The number of phenolic OH excluding ortho intramolecular Hbond substituents is 1. The lowest BCUT2D eigenvalue weighted by molar-refractivity contribution is 0.0896. The summed E-state index contributed by atoms with van der Waals surface area (Å²) in [6, 6.07) is 3.41. The van der Waals surface area contributed by atoms with Crippen LogP contribution in [0, 0.1) is 5.82 Å². The Morgan fingerprint density at radius 1 is 1.53 bits per heavy atom. The second-order valence-electron chi connectivity index (χ2n) is 4.60. The largest absolute Gasteiger partial charge is 0.507 e. The van der Waals surface area contributed by atoms with Crippen molar-refractivity contribution < 1.29 is 14.3 Å². The fourth-order valence-corrected chi connectivity index (χ4v) is 1.21. The highest BCUT2D eigenvalue weighted by Crippen LogP contribution is 2.20. The molecule has 17 heavy (non-hydrogen) atoms. The van der Waals surface area contributed by atoms with Crippen LogP contribution in [0.2, 0.25) is 0 Å². The van der Waals surface area contributed by atoms with Crippen LogP contribution in [0.25, 0.3) is 0 Å². The van der Waals surface area contributed by atoms with Gasteiger partial charge < -0.3 is 16.2 Å². The summed E-state index contributed by atoms with van der Waals surface area (Å²) in [5.74, 6) is -1.83. The van der Waals surface area contributed by atoms with Gasteiger partial charge in [0.2, 0.25) is 0 Å². The number of hydrogen-bond donors (Lipinski definition) is 3. The molecule has 0 saturated carbocycles. The number of benzene rings is 1. The molecule has 1 atom stereocenters. The molecule has 0 radical (unpaired) electrons. The van der Waals surface area contributed by atoms with E-state index in [1.807, 2.05) is 0 Å². The normalized spacial score (nSPS) is 13.2. The van der Waals surface area contributed by atoms with Crippen molar-refractivity contribution in [2.24, 2.45) is 5.73 Å². The van der Waals surface area contributed by atoms with E-state index in [2.05, 4.69) is 5.32 Å². The first-order chi connectivity index (χ1) is 7.75. The Morgan fingerprint density at radius 3 is 2.59 bits per heavy atom. The van der Waals surface area contributed by atoms with Crippen molar-refractivity contribution >= 4 is 5.91 Å². The maximum Gasteiger partial charge on any atom is 0.258 e. The van der Waals surface area contributed by atoms with Gasteiger partial charge in [-0.1, -0.05) is 6.07 Å². The van der Waals surface area contributed by atoms with Gasteiger partial charge in [0, 0.05) is 11.6 Å². The van der Waals surface area contributed by atoms with Crippen molar-refractivity contribution in [3.63, 3.8) is 0 Å². The Morgan fingerprint density at radius 2 is 2.12 bits per heavy atom. The number of nitrogens with one attached hydrogen (secondary N) is 1. The van der Waals surface area contributed by atoms with Gasteiger partial charge in [0.15, 0.2) is 0 Å². The van der Waals surface area contributed by atoms with Crippen molar-refractivity contribution in [3.05, 3.63) is 29.6 Å². The summed E-state index contributed by atoms with van der Waals surface area (Å²) in [5.41, 5.74) is 4.65. The van der Waals surface area contributed by atoms with Crippen molar-refractivity contribution in [2.75, 3.05) is 0 Å². The third kappa shape index (κ3) is 2.94. The molecule has 1 rings (SSSR count). The number of rotatable bonds is 3. The van der Waals surface area contributed by atoms with Crippen molar-refractivity contribution in [1.82, 2.24) is 5.32 Å². The Labute approximate surface area is 99.6 Å². The molecule has 0 spiro atoms. The number of phenols is 1. The van der Waals surface area contributed by atoms with Crippen LogP contribution in [0.1, 0.15) is 31.1 Å². The lowest BCUT2D eigenvalue weighted by atomic mass is 9.96. The van der Waals surface area contributed by atoms with E-state index in [4.69, 9.17) is 5.73 Å². The lowest BCUT2D eigenvalue weighted by Gasteiger charge is -2.30. The molecule has 0 aliphatic carbocycles. The predicted molar refractivity (Wildman–Crippen MR) is 63.3 cm³/mol. The minimum Gasteiger partial charge on any atom is -0.507 e. The lowest BCUT2D eigenvalue weighted by Crippen LogP contribution is -2.54. The van der Waals surface area contributed by atoms with Crippen LogP contribution in [0.4, 0.5) is 4.39 Å². The molecule has 94 valence electrons. The van der Waals surface area contributed by atoms with Crippen LogP contribution in [-0.2, 0) is 0 Å². The van der Waals surface area contributed by atoms with E-state index in [1.54, 1.807) is 20.8 Å². The predicted octanol–water partition coefficient (Wildman–Crippen LogP) is 1.39. The molecule has 0 bridgehead atoms. The molecule has 1 aromatic rings. The number of amides is 1. The fraction of sp³-hybridized carbons (Fsp3) is 0.417. The monoisotopic (exact) mass is 240 g/mol. The summed E-state index contributed by atoms with van der Waals surface area (Å²) in [6.07, 6.45) is 0. The summed E-state index contributed by atoms with van der Waals surface area (Å²) < 4.78 is 13.4. The van der Waals surface area contributed by atoms with Crippen LogP contribution in [-0.4, -0.2) is 22.6 Å². The van der Waals surface area contributed by atoms with Crippen LogP contribution >= 0.6 is 0 Å². The molecular weight excluding hydrogens is 223 g/mol. The molecule has 1 amide bonds. The molecule has 5 heteroatoms. The van der Waals surface area contributed by atoms with E-state index >= 15 is 0 Å². The molecule has 0 fully saturated rings. The quantitative estimate of drug-likeness (QED) is 0.747. The van der Waals surface area contributed by atoms with E-state index in [9.17, 15) is 14.3 Å². The summed E-state index contributed by atoms with van der Waals surface area (Å²) >= 11 is 0. The minimum absolute atomic E-state index is 0.305. The molecule has 0 saturated heterocycles. The molecular formula is C12H17FN2O2. The van der Waals surface area contributed by atoms with Crippen LogP contribution in [0.15, 0.2) is 18.2 Å². The van der Waals surface area contributed by atoms with Crippen molar-refractivity contribution in [2.45, 2.75) is 32.4 Å². The first-order valence-corrected chi connectivity index (χ1v) is 5.31. The van der Waals surface area contributed by atoms with E-state index < -0.39 is 17.3 Å². The molecule has 1 aromatic carbocycles. The summed E-state index contributed by atoms with van der Waals surface area (Å²) in [7, 11) is 0. The Kier molecular flexibility index (Phi) is 3.72. The second kappa shape index (κ2) is 4.71. The third-order valence-electron chi connectivity index (χ3n) is 2.79. The molecule has 4 nitrogen and oxygen atoms in total. The van der Waals surface area contributed by atoms with E-state index in [0.717, 1.165) is 6.07 Å². The van der Waals surface area contributed by atoms with Crippen molar-refractivity contribution in [1.29, 1.82) is 0 Å². The van der Waals surface area contributed by atoms with Gasteiger partial charge in [0.1, 0.15) is 17.1 Å². The number of carbonyl (C=O) groups excluding carboxylic acids is 1. The highest BCUT2D eigenvalue weighted by molar-refractivity contribution is 5.97. The van der Waals surface area contributed by atoms with E-state index in [-0.39, 0.29) is 17.4 Å². The molecule has 0 heterocycles. The highest BCUT2D eigenvalue weighted by Gasteiger charge is 2.27. The first-order valence-electron chi connectivity index (χ1n) is 5.31. The van der Waals surface area contributed by atoms with Gasteiger partial charge in [-0.25, -0.2) is 4.39 Å². The van der Waals surface area contributed by atoms with Gasteiger partial charge >= 0.3 is 0 Å². The fourth-order valence-electron chi connectivity index (χ4n) is 1.21. The number of carbonyl (C=O) groups is 1. The highest BCUT2D eigenvalue weighted by atomic mass is 19.1. The molecule has 0 aliphatic rings. The maximum absolute atomic E-state index is 13.4. The van der Waals surface area contributed by atoms with Gasteiger partial charge in [-0.2, -0.15) is 0 Å². The third-order valence-corrected chi connectivity index (χ3v) is 2.79. The summed E-state index contributed by atoms with van der Waals surface area (Å²) in [5, 5.41) is 12.1. The molecule has 0 aliphatic heterocycles. The van der Waals surface area contributed by atoms with Crippen molar-refractivity contribution in [3.8, 4) is 5.75 Å². The molecule has 1 unspecified atom stereocenters. The first kappa shape index (κ1) is 13.4. The number of halogens is 1. The van der Waals surface area contributed by atoms with Crippen LogP contribution in [0.3, 0.4) is 0 Å². The zero-order chi connectivity index (χ0) is 13.2. The van der Waals surface area contributed by atoms with E-state index in [1.165, 1.54) is 12.1 Å². The number of nitrogens with two attached hydrogens (primary N) is 1. The van der Waals surface area contributed by atoms with Crippen LogP contribution in [0.5, 0.6) is 5.75 Å². The Bertz CT molecular complexity index is 410. The minimum atomic E-state index is -0.761. The summed E-state index contributed by atoms with van der Waals surface area (Å²) in [6.45, 7) is 5.20. The van der Waals surface area contributed by atoms with Gasteiger partial charge in [-0.15, -0.1) is 0 Å². The van der Waals surface area contributed by atoms with E-state index in [0.29, 0.717) is 0 Å². The smallest absolute Gasteiger partial charge is 0.258 e. The average Bonchev–Trinajstić information content (AvgIpc) is 2.15. The zero-order valence-electron chi connectivity index (χ0n) is 10.1. The standard InChI is InChI=1S/C12H17FN2O2/c1-7(14)12(2,3)15-11(17)10-8(13)5-4-6-9(10)16/h4-7,16H,14H2,1-3H3,(H,15,17). The van der Waals surface area contributed by atoms with Gasteiger partial charge in [-0.05, 0) is 32.9 Å². The number of hydrogen-bond acceptors (Lipinski definition) is 3. The van der Waals surface area contributed by atoms with Gasteiger partial charge in [0.05, 0.1) is 0 Å². The second-order valence-corrected chi connectivity index (χ2v) is 4.60.